The van der Waals surface area contributed by atoms with Crippen LogP contribution in [0.3, 0.4) is 0 Å². The Morgan fingerprint density at radius 1 is 0.762 bits per heavy atom. The summed E-state index contributed by atoms with van der Waals surface area (Å²) in [4.78, 5) is 36.4. The average molecular weight is 591 g/mol. The Balaban J connectivity index is 2.44. The summed E-state index contributed by atoms with van der Waals surface area (Å²) in [6.45, 7) is 9.48. The van der Waals surface area contributed by atoms with Gasteiger partial charge in [0.1, 0.15) is 11.4 Å². The molecule has 0 heterocycles. The van der Waals surface area contributed by atoms with E-state index in [0.29, 0.717) is 37.4 Å². The number of carbonyl (C=O) groups is 3. The van der Waals surface area contributed by atoms with Gasteiger partial charge in [-0.05, 0) is 64.2 Å². The predicted molar refractivity (Wildman–Crippen MR) is 169 cm³/mol. The van der Waals surface area contributed by atoms with Gasteiger partial charge in [-0.3, -0.25) is 9.59 Å². The van der Waals surface area contributed by atoms with Crippen molar-refractivity contribution >= 4 is 18.0 Å². The van der Waals surface area contributed by atoms with E-state index >= 15 is 0 Å². The van der Waals surface area contributed by atoms with Crippen LogP contribution in [0.15, 0.2) is 18.2 Å². The summed E-state index contributed by atoms with van der Waals surface area (Å²) >= 11 is 0. The van der Waals surface area contributed by atoms with Crippen LogP contribution < -0.4 is 15.4 Å². The third-order valence-corrected chi connectivity index (χ3v) is 6.95. The lowest BCUT2D eigenvalue weighted by atomic mass is 10.0. The van der Waals surface area contributed by atoms with E-state index in [1.54, 1.807) is 0 Å². The maximum absolute atomic E-state index is 13.1. The fourth-order valence-electron chi connectivity index (χ4n) is 4.56. The van der Waals surface area contributed by atoms with E-state index in [1.807, 2.05) is 39.0 Å². The highest BCUT2D eigenvalue weighted by atomic mass is 16.6. The number of methoxy groups -OCH3 is 1. The molecule has 8 nitrogen and oxygen atoms in total. The van der Waals surface area contributed by atoms with E-state index < -0.39 is 11.7 Å². The van der Waals surface area contributed by atoms with Gasteiger partial charge in [-0.1, -0.05) is 83.6 Å². The molecule has 0 radical (unpaired) electrons. The summed E-state index contributed by atoms with van der Waals surface area (Å²) in [6.07, 6.45) is 16.5. The summed E-state index contributed by atoms with van der Waals surface area (Å²) in [5.41, 5.74) is 0.904. The van der Waals surface area contributed by atoms with Gasteiger partial charge in [-0.2, -0.15) is 0 Å². The molecule has 1 aromatic rings. The van der Waals surface area contributed by atoms with Gasteiger partial charge in [-0.15, -0.1) is 0 Å². The highest BCUT2D eigenvalue weighted by Gasteiger charge is 2.16. The lowest BCUT2D eigenvalue weighted by Gasteiger charge is -2.19. The molecular formula is C34H58N2O6. The number of hydrogen-bond donors (Lipinski definition) is 2. The Bertz CT molecular complexity index is 897. The number of amides is 2. The second-order valence-corrected chi connectivity index (χ2v) is 12.0. The first-order chi connectivity index (χ1) is 20.2. The van der Waals surface area contributed by atoms with Crippen LogP contribution >= 0.6 is 0 Å². The molecule has 0 atom stereocenters. The maximum atomic E-state index is 13.1. The molecule has 0 saturated carbocycles. The van der Waals surface area contributed by atoms with E-state index in [1.165, 1.54) is 58.5 Å². The van der Waals surface area contributed by atoms with Crippen LogP contribution in [-0.2, 0) is 20.7 Å². The van der Waals surface area contributed by atoms with Gasteiger partial charge in [0.2, 0.25) is 0 Å². The number of aryl methyl sites for hydroxylation is 1. The molecule has 1 aromatic carbocycles. The topological polar surface area (TPSA) is 103 Å². The number of rotatable bonds is 23. The monoisotopic (exact) mass is 590 g/mol. The summed E-state index contributed by atoms with van der Waals surface area (Å²) in [6, 6.07) is 5.59. The van der Waals surface area contributed by atoms with Crippen molar-refractivity contribution in [3.63, 3.8) is 0 Å². The number of ether oxygens (including phenoxy) is 3. The van der Waals surface area contributed by atoms with Gasteiger partial charge in [0.05, 0.1) is 19.3 Å². The van der Waals surface area contributed by atoms with Crippen LogP contribution in [0.4, 0.5) is 4.79 Å². The zero-order valence-corrected chi connectivity index (χ0v) is 27.1. The molecule has 240 valence electrons. The second kappa shape index (κ2) is 22.8. The molecule has 8 heteroatoms. The minimum absolute atomic E-state index is 0.167. The number of carbonyl (C=O) groups excluding carboxylic acids is 3. The van der Waals surface area contributed by atoms with Crippen molar-refractivity contribution in [3.05, 3.63) is 29.3 Å². The van der Waals surface area contributed by atoms with Gasteiger partial charge in [0.15, 0.2) is 0 Å². The summed E-state index contributed by atoms with van der Waals surface area (Å²) in [5.74, 6) is 0.140. The number of hydrogen-bond acceptors (Lipinski definition) is 6. The van der Waals surface area contributed by atoms with Crippen LogP contribution in [-0.4, -0.2) is 50.4 Å². The molecule has 42 heavy (non-hydrogen) atoms. The van der Waals surface area contributed by atoms with E-state index in [-0.39, 0.29) is 18.3 Å². The Labute approximate surface area is 255 Å². The number of nitrogens with one attached hydrogen (secondary N) is 2. The van der Waals surface area contributed by atoms with Gasteiger partial charge < -0.3 is 24.8 Å². The Hall–Kier alpha value is -2.77. The van der Waals surface area contributed by atoms with Crippen molar-refractivity contribution in [3.8, 4) is 5.75 Å². The third kappa shape index (κ3) is 19.4. The minimum atomic E-state index is -0.499. The highest BCUT2D eigenvalue weighted by Crippen LogP contribution is 2.22. The number of alkyl carbamates (subject to hydrolysis) is 1. The van der Waals surface area contributed by atoms with Gasteiger partial charge in [-0.25, -0.2) is 4.79 Å². The Morgan fingerprint density at radius 3 is 1.93 bits per heavy atom. The fraction of sp³-hybridized carbons (Fsp3) is 0.735. The number of unbranched alkanes of at least 4 members (excludes halogenated alkanes) is 12. The molecule has 0 aliphatic rings. The first kappa shape index (κ1) is 37.3. The van der Waals surface area contributed by atoms with Gasteiger partial charge >= 0.3 is 12.1 Å². The molecule has 0 aromatic heterocycles. The molecule has 0 aliphatic heterocycles. The van der Waals surface area contributed by atoms with Crippen LogP contribution in [0, 0.1) is 0 Å². The van der Waals surface area contributed by atoms with E-state index in [9.17, 15) is 14.4 Å². The smallest absolute Gasteiger partial charge is 0.407 e. The van der Waals surface area contributed by atoms with Crippen LogP contribution in [0.1, 0.15) is 140 Å². The maximum Gasteiger partial charge on any atom is 0.407 e. The first-order valence-electron chi connectivity index (χ1n) is 16.2. The van der Waals surface area contributed by atoms with Crippen molar-refractivity contribution in [2.75, 3.05) is 26.8 Å². The standard InChI is InChI=1S/C34H58N2O6/c1-6-7-8-9-10-11-12-13-16-19-26-41-30-22-20-28(21-23-31(37)40-5)27-29(30)32(38)35-24-17-14-15-18-25-36-33(39)42-34(2,3)4/h20,22,27H,6-19,21,23-26H2,1-5H3,(H,35,38)(H,36,39). The molecule has 0 fully saturated rings. The largest absolute Gasteiger partial charge is 0.493 e. The molecule has 2 amide bonds. The van der Waals surface area contributed by atoms with E-state index in [4.69, 9.17) is 14.2 Å². The normalized spacial score (nSPS) is 11.2. The Kier molecular flexibility index (Phi) is 20.2. The van der Waals surface area contributed by atoms with Gasteiger partial charge in [0.25, 0.3) is 5.91 Å². The second-order valence-electron chi connectivity index (χ2n) is 12.0. The summed E-state index contributed by atoms with van der Waals surface area (Å²) in [7, 11) is 1.38. The summed E-state index contributed by atoms with van der Waals surface area (Å²) < 4.78 is 16.0. The predicted octanol–water partition coefficient (Wildman–Crippen LogP) is 7.91. The molecule has 2 N–H and O–H groups in total. The zero-order valence-electron chi connectivity index (χ0n) is 27.1. The van der Waals surface area contributed by atoms with Crippen LogP contribution in [0.5, 0.6) is 5.75 Å². The van der Waals surface area contributed by atoms with E-state index in [2.05, 4.69) is 17.6 Å². The minimum Gasteiger partial charge on any atom is -0.493 e. The number of esters is 1. The fourth-order valence-corrected chi connectivity index (χ4v) is 4.56. The average Bonchev–Trinajstić information content (AvgIpc) is 2.95. The lowest BCUT2D eigenvalue weighted by Crippen LogP contribution is -2.33. The van der Waals surface area contributed by atoms with Crippen LogP contribution in [0.2, 0.25) is 0 Å². The molecule has 0 spiro atoms. The molecule has 0 bridgehead atoms. The molecule has 0 unspecified atom stereocenters. The lowest BCUT2D eigenvalue weighted by molar-refractivity contribution is -0.140. The zero-order chi connectivity index (χ0) is 31.1. The molecule has 0 saturated heterocycles. The van der Waals surface area contributed by atoms with Crippen molar-refractivity contribution in [2.24, 2.45) is 0 Å². The quantitative estimate of drug-likeness (QED) is 0.0992. The Morgan fingerprint density at radius 2 is 1.33 bits per heavy atom. The molecular weight excluding hydrogens is 532 g/mol. The van der Waals surface area contributed by atoms with Crippen molar-refractivity contribution in [1.82, 2.24) is 10.6 Å². The number of benzene rings is 1. The molecule has 0 aliphatic carbocycles. The van der Waals surface area contributed by atoms with Gasteiger partial charge in [0, 0.05) is 19.5 Å². The van der Waals surface area contributed by atoms with E-state index in [0.717, 1.165) is 44.1 Å². The highest BCUT2D eigenvalue weighted by molar-refractivity contribution is 5.97. The SMILES string of the molecule is CCCCCCCCCCCCOc1ccc(CCC(=O)OC)cc1C(=O)NCCCCCCNC(=O)OC(C)(C)C. The summed E-state index contributed by atoms with van der Waals surface area (Å²) in [5, 5.41) is 5.79. The van der Waals surface area contributed by atoms with Crippen molar-refractivity contribution in [1.29, 1.82) is 0 Å². The molecule has 1 rings (SSSR count). The third-order valence-electron chi connectivity index (χ3n) is 6.95. The van der Waals surface area contributed by atoms with Crippen LogP contribution in [0.25, 0.3) is 0 Å². The first-order valence-corrected chi connectivity index (χ1v) is 16.2. The van der Waals surface area contributed by atoms with Crippen molar-refractivity contribution < 1.29 is 28.6 Å². The van der Waals surface area contributed by atoms with Crippen molar-refractivity contribution in [2.45, 2.75) is 136 Å².